The Morgan fingerprint density at radius 1 is 1.04 bits per heavy atom. The van der Waals surface area contributed by atoms with Gasteiger partial charge < -0.3 is 19.0 Å². The Morgan fingerprint density at radius 2 is 1.70 bits per heavy atom. The smallest absolute Gasteiger partial charge is 0.156 e. The Hall–Kier alpha value is -0.850. The molecule has 1 rings (SSSR count). The Morgan fingerprint density at radius 3 is 2.33 bits per heavy atom. The summed E-state index contributed by atoms with van der Waals surface area (Å²) in [6, 6.07) is 3.25. The van der Waals surface area contributed by atoms with Crippen LogP contribution in [0.15, 0.2) is 27.9 Å². The summed E-state index contributed by atoms with van der Waals surface area (Å²) in [6.07, 6.45) is 4.81. The first-order valence-corrected chi connectivity index (χ1v) is 9.92. The molecule has 0 fully saturated rings. The number of halogens is 4. The predicted octanol–water partition coefficient (Wildman–Crippen LogP) is 6.28. The van der Waals surface area contributed by atoms with E-state index in [0.29, 0.717) is 41.4 Å². The van der Waals surface area contributed by atoms with Gasteiger partial charge in [0.1, 0.15) is 23.0 Å². The third-order valence-corrected chi connectivity index (χ3v) is 3.80. The number of nitrogens with zero attached hydrogens (tertiary/aromatic N) is 1. The molecule has 5 nitrogen and oxygen atoms in total. The first kappa shape index (κ1) is 24.2. The van der Waals surface area contributed by atoms with Crippen molar-refractivity contribution in [2.45, 2.75) is 32.8 Å². The van der Waals surface area contributed by atoms with E-state index in [1.165, 1.54) is 6.08 Å². The van der Waals surface area contributed by atoms with Crippen molar-refractivity contribution in [1.29, 1.82) is 0 Å². The maximum absolute atomic E-state index is 6.20. The highest BCUT2D eigenvalue weighted by Crippen LogP contribution is 2.37. The molecule has 0 unspecified atom stereocenters. The van der Waals surface area contributed by atoms with Crippen molar-refractivity contribution in [3.8, 4) is 11.5 Å². The molecule has 0 aliphatic carbocycles. The van der Waals surface area contributed by atoms with E-state index in [9.17, 15) is 0 Å². The van der Waals surface area contributed by atoms with Gasteiger partial charge in [-0.2, -0.15) is 0 Å². The third kappa shape index (κ3) is 11.6. The summed E-state index contributed by atoms with van der Waals surface area (Å²) in [7, 11) is 0. The van der Waals surface area contributed by atoms with E-state index < -0.39 is 0 Å². The molecule has 1 aromatic carbocycles. The van der Waals surface area contributed by atoms with Crippen LogP contribution in [0.4, 0.5) is 0 Å². The van der Waals surface area contributed by atoms with Crippen molar-refractivity contribution in [2.24, 2.45) is 5.16 Å². The van der Waals surface area contributed by atoms with Crippen molar-refractivity contribution < 1.29 is 19.0 Å². The van der Waals surface area contributed by atoms with Gasteiger partial charge in [-0.15, -0.1) is 0 Å². The number of unbranched alkanes of at least 4 members (excludes halogenated alkanes) is 1. The van der Waals surface area contributed by atoms with Gasteiger partial charge in [-0.1, -0.05) is 51.6 Å². The van der Waals surface area contributed by atoms with Crippen LogP contribution in [0.25, 0.3) is 0 Å². The lowest BCUT2D eigenvalue weighted by atomic mass is 10.3. The fourth-order valence-electron chi connectivity index (χ4n) is 1.77. The molecule has 0 saturated carbocycles. The van der Waals surface area contributed by atoms with Crippen molar-refractivity contribution in [3.05, 3.63) is 32.7 Å². The van der Waals surface area contributed by atoms with E-state index in [0.717, 1.165) is 12.8 Å². The first-order valence-electron chi connectivity index (χ1n) is 8.41. The predicted molar refractivity (Wildman–Crippen MR) is 112 cm³/mol. The van der Waals surface area contributed by atoms with E-state index in [-0.39, 0.29) is 17.2 Å². The molecule has 152 valence electrons. The number of hydrogen-bond donors (Lipinski definition) is 0. The number of hydrogen-bond acceptors (Lipinski definition) is 5. The third-order valence-electron chi connectivity index (χ3n) is 2.93. The normalized spacial score (nSPS) is 11.1. The highest BCUT2D eigenvalue weighted by Gasteiger charge is 2.10. The van der Waals surface area contributed by atoms with Gasteiger partial charge in [0.15, 0.2) is 5.75 Å². The second-order valence-corrected chi connectivity index (χ2v) is 7.42. The molecule has 0 radical (unpaired) electrons. The molecule has 0 aromatic heterocycles. The van der Waals surface area contributed by atoms with Gasteiger partial charge >= 0.3 is 0 Å². The molecular formula is C18H23Cl4NO4. The standard InChI is InChI=1S/C18H23Cl4NO4/c1-13(2)27-23-6-10-24-7-3-4-8-26-18-15(19)11-14(12-16(18)20)25-9-5-17(21)22/h5-6,11-13H,3-4,7-10H2,1-2H3/b23-6+. The van der Waals surface area contributed by atoms with E-state index in [1.54, 1.807) is 18.3 Å². The lowest BCUT2D eigenvalue weighted by molar-refractivity contribution is 0.0839. The molecular weight excluding hydrogens is 436 g/mol. The van der Waals surface area contributed by atoms with Gasteiger partial charge in [-0.3, -0.25) is 0 Å². The minimum Gasteiger partial charge on any atom is -0.490 e. The molecule has 1 aromatic rings. The van der Waals surface area contributed by atoms with Crippen molar-refractivity contribution in [1.82, 2.24) is 0 Å². The zero-order chi connectivity index (χ0) is 20.1. The van der Waals surface area contributed by atoms with Crippen molar-refractivity contribution in [2.75, 3.05) is 26.4 Å². The van der Waals surface area contributed by atoms with Crippen molar-refractivity contribution >= 4 is 52.6 Å². The van der Waals surface area contributed by atoms with Crippen molar-refractivity contribution in [3.63, 3.8) is 0 Å². The monoisotopic (exact) mass is 457 g/mol. The highest BCUT2D eigenvalue weighted by atomic mass is 35.5. The fraction of sp³-hybridized carbons (Fsp3) is 0.500. The summed E-state index contributed by atoms with van der Waals surface area (Å²) in [5.41, 5.74) is 0. The fourth-order valence-corrected chi connectivity index (χ4v) is 2.47. The average Bonchev–Trinajstić information content (AvgIpc) is 2.58. The second kappa shape index (κ2) is 14.2. The summed E-state index contributed by atoms with van der Waals surface area (Å²) in [5, 5.41) is 4.51. The highest BCUT2D eigenvalue weighted by molar-refractivity contribution is 6.55. The summed E-state index contributed by atoms with van der Waals surface area (Å²) < 4.78 is 16.6. The molecule has 0 heterocycles. The van der Waals surface area contributed by atoms with E-state index in [2.05, 4.69) is 5.16 Å². The maximum atomic E-state index is 6.20. The van der Waals surface area contributed by atoms with E-state index in [1.807, 2.05) is 13.8 Å². The van der Waals surface area contributed by atoms with Gasteiger partial charge in [-0.25, -0.2) is 0 Å². The molecule has 0 aliphatic rings. The SMILES string of the molecule is CC(C)O/N=C/COCCCCOc1c(Cl)cc(OCC=C(Cl)Cl)cc1Cl. The first-order chi connectivity index (χ1) is 12.9. The molecule has 27 heavy (non-hydrogen) atoms. The van der Waals surface area contributed by atoms with Gasteiger partial charge in [0.25, 0.3) is 0 Å². The van der Waals surface area contributed by atoms with Crippen LogP contribution in [0, 0.1) is 0 Å². The number of oxime groups is 1. The van der Waals surface area contributed by atoms with Gasteiger partial charge in [-0.05, 0) is 32.8 Å². The summed E-state index contributed by atoms with van der Waals surface area (Å²) in [5.74, 6) is 0.926. The molecule has 0 amide bonds. The van der Waals surface area contributed by atoms with Crippen LogP contribution in [0.3, 0.4) is 0 Å². The van der Waals surface area contributed by atoms with Gasteiger partial charge in [0.05, 0.1) is 29.5 Å². The molecule has 9 heteroatoms. The lowest BCUT2D eigenvalue weighted by Crippen LogP contribution is -2.04. The van der Waals surface area contributed by atoms with Crippen LogP contribution in [0.5, 0.6) is 11.5 Å². The minimum atomic E-state index is 0.0682. The van der Waals surface area contributed by atoms with E-state index >= 15 is 0 Å². The molecule has 0 saturated heterocycles. The van der Waals surface area contributed by atoms with E-state index in [4.69, 9.17) is 65.5 Å². The topological polar surface area (TPSA) is 49.3 Å². The molecule has 0 aliphatic heterocycles. The number of rotatable bonds is 13. The van der Waals surface area contributed by atoms with Gasteiger partial charge in [0, 0.05) is 18.7 Å². The average molecular weight is 459 g/mol. The lowest BCUT2D eigenvalue weighted by Gasteiger charge is -2.12. The largest absolute Gasteiger partial charge is 0.490 e. The number of benzene rings is 1. The van der Waals surface area contributed by atoms with Crippen LogP contribution < -0.4 is 9.47 Å². The Bertz CT molecular complexity index is 596. The zero-order valence-corrected chi connectivity index (χ0v) is 18.2. The summed E-state index contributed by atoms with van der Waals surface area (Å²) >= 11 is 23.4. The molecule has 0 bridgehead atoms. The molecule has 0 atom stereocenters. The summed E-state index contributed by atoms with van der Waals surface area (Å²) in [4.78, 5) is 5.02. The van der Waals surface area contributed by atoms with Crippen LogP contribution in [0.2, 0.25) is 10.0 Å². The Balaban J connectivity index is 2.26. The van der Waals surface area contributed by atoms with Crippen LogP contribution in [-0.2, 0) is 9.57 Å². The minimum absolute atomic E-state index is 0.0682. The van der Waals surface area contributed by atoms with Crippen LogP contribution in [-0.4, -0.2) is 38.7 Å². The maximum Gasteiger partial charge on any atom is 0.156 e. The van der Waals surface area contributed by atoms with Gasteiger partial charge in [0.2, 0.25) is 0 Å². The quantitative estimate of drug-likeness (QED) is 0.198. The number of ether oxygens (including phenoxy) is 3. The Labute approximate surface area is 180 Å². The summed E-state index contributed by atoms with van der Waals surface area (Å²) in [6.45, 7) is 5.51. The Kier molecular flexibility index (Phi) is 12.7. The van der Waals surface area contributed by atoms with Crippen LogP contribution in [0.1, 0.15) is 26.7 Å². The second-order valence-electron chi connectivity index (χ2n) is 5.59. The molecule has 0 spiro atoms. The molecule has 0 N–H and O–H groups in total. The zero-order valence-electron chi connectivity index (χ0n) is 15.2. The van der Waals surface area contributed by atoms with Crippen LogP contribution >= 0.6 is 46.4 Å².